The van der Waals surface area contributed by atoms with E-state index in [-0.39, 0.29) is 17.1 Å². The first-order valence-corrected chi connectivity index (χ1v) is 10.5. The standard InChI is InChI=1S/C26H20O4/c27-25-19-10-16-8-4-5-9-17(16)11-20(19)26(28)21(25)12-18-13-23-24(29-18)14-22(30-23)15-6-2-1-3-7-15/h4-5,8-15H,1-3,6-7H2. The molecule has 0 unspecified atom stereocenters. The number of allylic oxidation sites excluding steroid dienone is 1. The molecular formula is C26H20O4. The largest absolute Gasteiger partial charge is 0.457 e. The van der Waals surface area contributed by atoms with Gasteiger partial charge in [0.2, 0.25) is 0 Å². The monoisotopic (exact) mass is 396 g/mol. The first-order chi connectivity index (χ1) is 14.7. The van der Waals surface area contributed by atoms with E-state index in [9.17, 15) is 9.59 Å². The third-order valence-electron chi connectivity index (χ3n) is 6.40. The van der Waals surface area contributed by atoms with Crippen LogP contribution in [0.15, 0.2) is 62.9 Å². The van der Waals surface area contributed by atoms with Crippen molar-refractivity contribution in [3.05, 3.63) is 76.8 Å². The zero-order valence-electron chi connectivity index (χ0n) is 16.4. The molecule has 2 aliphatic carbocycles. The molecule has 1 fully saturated rings. The molecule has 2 aliphatic rings. The molecule has 0 N–H and O–H groups in total. The second kappa shape index (κ2) is 6.56. The molecule has 0 radical (unpaired) electrons. The maximum atomic E-state index is 12.9. The lowest BCUT2D eigenvalue weighted by atomic mass is 9.88. The van der Waals surface area contributed by atoms with Gasteiger partial charge in [0.25, 0.3) is 0 Å². The summed E-state index contributed by atoms with van der Waals surface area (Å²) >= 11 is 0. The summed E-state index contributed by atoms with van der Waals surface area (Å²) in [7, 11) is 0. The van der Waals surface area contributed by atoms with E-state index in [1.165, 1.54) is 19.3 Å². The minimum absolute atomic E-state index is 0.143. The van der Waals surface area contributed by atoms with Crippen LogP contribution in [0.4, 0.5) is 0 Å². The minimum Gasteiger partial charge on any atom is -0.457 e. The lowest BCUT2D eigenvalue weighted by Gasteiger charge is -2.18. The van der Waals surface area contributed by atoms with E-state index in [2.05, 4.69) is 0 Å². The molecule has 6 rings (SSSR count). The van der Waals surface area contributed by atoms with Gasteiger partial charge in [-0.25, -0.2) is 0 Å². The van der Waals surface area contributed by atoms with Gasteiger partial charge >= 0.3 is 0 Å². The summed E-state index contributed by atoms with van der Waals surface area (Å²) < 4.78 is 11.9. The average molecular weight is 396 g/mol. The molecule has 2 aromatic heterocycles. The van der Waals surface area contributed by atoms with Crippen LogP contribution in [-0.2, 0) is 0 Å². The van der Waals surface area contributed by atoms with Crippen molar-refractivity contribution < 1.29 is 18.4 Å². The zero-order valence-corrected chi connectivity index (χ0v) is 16.4. The highest BCUT2D eigenvalue weighted by Crippen LogP contribution is 2.37. The fraction of sp³-hybridized carbons (Fsp3) is 0.231. The number of carbonyl (C=O) groups is 2. The summed E-state index contributed by atoms with van der Waals surface area (Å²) in [5, 5.41) is 1.90. The van der Waals surface area contributed by atoms with Gasteiger partial charge in [-0.15, -0.1) is 0 Å². The highest BCUT2D eigenvalue weighted by atomic mass is 16.4. The van der Waals surface area contributed by atoms with Crippen LogP contribution in [0.25, 0.3) is 28.0 Å². The molecule has 1 saturated carbocycles. The summed E-state index contributed by atoms with van der Waals surface area (Å²) in [6.45, 7) is 0. The van der Waals surface area contributed by atoms with Crippen LogP contribution < -0.4 is 0 Å². The van der Waals surface area contributed by atoms with Crippen LogP contribution in [-0.4, -0.2) is 11.6 Å². The number of benzene rings is 2. The van der Waals surface area contributed by atoms with Crippen LogP contribution in [0.3, 0.4) is 0 Å². The van der Waals surface area contributed by atoms with Gasteiger partial charge in [-0.2, -0.15) is 0 Å². The van der Waals surface area contributed by atoms with Gasteiger partial charge < -0.3 is 8.83 Å². The van der Waals surface area contributed by atoms with E-state index in [0.717, 1.165) is 29.4 Å². The van der Waals surface area contributed by atoms with E-state index in [4.69, 9.17) is 8.83 Å². The predicted octanol–water partition coefficient (Wildman–Crippen LogP) is 6.69. The molecule has 0 amide bonds. The minimum atomic E-state index is -0.253. The number of rotatable bonds is 2. The van der Waals surface area contributed by atoms with Crippen molar-refractivity contribution in [1.29, 1.82) is 0 Å². The molecule has 0 aliphatic heterocycles. The van der Waals surface area contributed by atoms with Crippen molar-refractivity contribution in [1.82, 2.24) is 0 Å². The SMILES string of the molecule is O=C1C(=Cc2cc3oc(C4CCCCC4)cc3o2)C(=O)c2cc3ccccc3cc21. The van der Waals surface area contributed by atoms with Crippen molar-refractivity contribution >= 4 is 39.6 Å². The Balaban J connectivity index is 1.35. The van der Waals surface area contributed by atoms with Crippen molar-refractivity contribution in [2.45, 2.75) is 38.0 Å². The lowest BCUT2D eigenvalue weighted by Crippen LogP contribution is -2.02. The maximum absolute atomic E-state index is 12.9. The lowest BCUT2D eigenvalue weighted by molar-refractivity contribution is 0.0990. The van der Waals surface area contributed by atoms with Gasteiger partial charge in [-0.3, -0.25) is 9.59 Å². The molecule has 2 heterocycles. The molecule has 4 heteroatoms. The highest BCUT2D eigenvalue weighted by molar-refractivity contribution is 6.42. The summed E-state index contributed by atoms with van der Waals surface area (Å²) in [5.74, 6) is 1.40. The van der Waals surface area contributed by atoms with Crippen molar-refractivity contribution in [2.75, 3.05) is 0 Å². The number of hydrogen-bond donors (Lipinski definition) is 0. The van der Waals surface area contributed by atoms with Crippen LogP contribution in [0, 0.1) is 0 Å². The molecule has 0 saturated heterocycles. The number of furan rings is 2. The summed E-state index contributed by atoms with van der Waals surface area (Å²) in [6, 6.07) is 15.1. The van der Waals surface area contributed by atoms with E-state index in [1.54, 1.807) is 24.3 Å². The van der Waals surface area contributed by atoms with Gasteiger partial charge in [0.15, 0.2) is 22.7 Å². The van der Waals surface area contributed by atoms with Crippen molar-refractivity contribution in [3.8, 4) is 0 Å². The first-order valence-electron chi connectivity index (χ1n) is 10.5. The Kier molecular flexibility index (Phi) is 3.82. The number of ketones is 2. The van der Waals surface area contributed by atoms with E-state index in [0.29, 0.717) is 34.0 Å². The first kappa shape index (κ1) is 17.5. The van der Waals surface area contributed by atoms with E-state index >= 15 is 0 Å². The molecule has 0 spiro atoms. The molecule has 0 bridgehead atoms. The predicted molar refractivity (Wildman–Crippen MR) is 115 cm³/mol. The second-order valence-corrected chi connectivity index (χ2v) is 8.32. The Morgan fingerprint density at radius 3 is 2.03 bits per heavy atom. The number of carbonyl (C=O) groups excluding carboxylic acids is 2. The van der Waals surface area contributed by atoms with Gasteiger partial charge in [-0.05, 0) is 41.8 Å². The normalized spacial score (nSPS) is 17.3. The Bertz CT molecular complexity index is 1270. The summed E-state index contributed by atoms with van der Waals surface area (Å²) in [5.41, 5.74) is 2.40. The Hall–Kier alpha value is -3.40. The molecule has 4 aromatic rings. The van der Waals surface area contributed by atoms with Gasteiger partial charge in [0.1, 0.15) is 11.5 Å². The van der Waals surface area contributed by atoms with Crippen LogP contribution in [0.1, 0.15) is 70.3 Å². The summed E-state index contributed by atoms with van der Waals surface area (Å²) in [4.78, 5) is 25.8. The number of hydrogen-bond acceptors (Lipinski definition) is 4. The number of fused-ring (bicyclic) bond motifs is 3. The molecule has 4 nitrogen and oxygen atoms in total. The average Bonchev–Trinajstić information content (AvgIpc) is 3.41. The third-order valence-corrected chi connectivity index (χ3v) is 6.40. The van der Waals surface area contributed by atoms with Crippen molar-refractivity contribution in [3.63, 3.8) is 0 Å². The zero-order chi connectivity index (χ0) is 20.2. The van der Waals surface area contributed by atoms with E-state index in [1.807, 2.05) is 30.3 Å². The molecular weight excluding hydrogens is 376 g/mol. The fourth-order valence-electron chi connectivity index (χ4n) is 4.82. The third kappa shape index (κ3) is 2.67. The molecule has 2 aromatic carbocycles. The summed E-state index contributed by atoms with van der Waals surface area (Å²) in [6.07, 6.45) is 7.63. The fourth-order valence-corrected chi connectivity index (χ4v) is 4.82. The van der Waals surface area contributed by atoms with Crippen molar-refractivity contribution in [2.24, 2.45) is 0 Å². The topological polar surface area (TPSA) is 60.4 Å². The van der Waals surface area contributed by atoms with Crippen LogP contribution in [0.2, 0.25) is 0 Å². The second-order valence-electron chi connectivity index (χ2n) is 8.32. The molecule has 0 atom stereocenters. The smallest absolute Gasteiger partial charge is 0.197 e. The van der Waals surface area contributed by atoms with Crippen LogP contribution in [0.5, 0.6) is 0 Å². The molecule has 30 heavy (non-hydrogen) atoms. The van der Waals surface area contributed by atoms with Gasteiger partial charge in [-0.1, -0.05) is 43.5 Å². The van der Waals surface area contributed by atoms with Crippen LogP contribution >= 0.6 is 0 Å². The highest BCUT2D eigenvalue weighted by Gasteiger charge is 2.34. The Morgan fingerprint density at radius 1 is 0.767 bits per heavy atom. The van der Waals surface area contributed by atoms with Gasteiger partial charge in [0, 0.05) is 29.2 Å². The molecule has 148 valence electrons. The maximum Gasteiger partial charge on any atom is 0.197 e. The van der Waals surface area contributed by atoms with Gasteiger partial charge in [0.05, 0.1) is 5.57 Å². The number of Topliss-reactive ketones (excluding diaryl/α,β-unsaturated/α-hetero) is 2. The van der Waals surface area contributed by atoms with E-state index < -0.39 is 0 Å². The Labute approximate surface area is 173 Å². The quantitative estimate of drug-likeness (QED) is 0.280. The Morgan fingerprint density at radius 2 is 1.40 bits per heavy atom.